The monoisotopic (exact) mass is 294 g/mol. The minimum atomic E-state index is -4.97. The van der Waals surface area contributed by atoms with Gasteiger partial charge >= 0.3 is 6.18 Å². The van der Waals surface area contributed by atoms with Crippen molar-refractivity contribution < 1.29 is 33.2 Å². The van der Waals surface area contributed by atoms with E-state index >= 15 is 0 Å². The second-order valence-electron chi connectivity index (χ2n) is 4.37. The second-order valence-corrected chi connectivity index (χ2v) is 4.37. The first-order valence-corrected chi connectivity index (χ1v) is 6.05. The van der Waals surface area contributed by atoms with Crippen LogP contribution in [0.5, 0.6) is 0 Å². The summed E-state index contributed by atoms with van der Waals surface area (Å²) in [5, 5.41) is 27.3. The van der Waals surface area contributed by atoms with Gasteiger partial charge in [0.1, 0.15) is 6.10 Å². The standard InChI is InChI=1S/C13H17F3O4/c14-13(15,16)12(19)11(18)10(17)6-7-20-8-9-4-2-1-3-5-9/h1-5,10-12,17-19H,6-8H2/t10-,11-,12-/m0/s1. The maximum atomic E-state index is 12.1. The molecule has 0 aromatic heterocycles. The van der Waals surface area contributed by atoms with Crippen molar-refractivity contribution in [3.05, 3.63) is 35.9 Å². The Morgan fingerprint density at radius 2 is 1.65 bits per heavy atom. The van der Waals surface area contributed by atoms with Gasteiger partial charge in [-0.1, -0.05) is 30.3 Å². The van der Waals surface area contributed by atoms with Gasteiger partial charge in [0.15, 0.2) is 6.10 Å². The third-order valence-corrected chi connectivity index (χ3v) is 2.72. The molecule has 3 N–H and O–H groups in total. The molecule has 0 radical (unpaired) electrons. The summed E-state index contributed by atoms with van der Waals surface area (Å²) in [6.07, 6.45) is -12.1. The van der Waals surface area contributed by atoms with E-state index in [4.69, 9.17) is 14.9 Å². The van der Waals surface area contributed by atoms with Gasteiger partial charge in [-0.2, -0.15) is 13.2 Å². The van der Waals surface area contributed by atoms with Crippen molar-refractivity contribution in [3.8, 4) is 0 Å². The van der Waals surface area contributed by atoms with Gasteiger partial charge in [-0.05, 0) is 12.0 Å². The molecule has 0 heterocycles. The van der Waals surface area contributed by atoms with Crippen molar-refractivity contribution in [2.24, 2.45) is 0 Å². The van der Waals surface area contributed by atoms with Crippen LogP contribution in [0, 0.1) is 0 Å². The lowest BCUT2D eigenvalue weighted by Crippen LogP contribution is -2.46. The number of rotatable bonds is 7. The molecule has 0 bridgehead atoms. The second kappa shape index (κ2) is 7.58. The normalized spacial score (nSPS) is 16.7. The molecule has 0 aliphatic heterocycles. The Balaban J connectivity index is 2.28. The van der Waals surface area contributed by atoms with Crippen LogP contribution in [0.3, 0.4) is 0 Å². The summed E-state index contributed by atoms with van der Waals surface area (Å²) < 4.78 is 41.5. The third kappa shape index (κ3) is 5.46. The molecule has 0 saturated heterocycles. The van der Waals surface area contributed by atoms with Crippen molar-refractivity contribution in [1.29, 1.82) is 0 Å². The van der Waals surface area contributed by atoms with Crippen LogP contribution in [0.4, 0.5) is 13.2 Å². The molecule has 0 spiro atoms. The van der Waals surface area contributed by atoms with Crippen LogP contribution < -0.4 is 0 Å². The van der Waals surface area contributed by atoms with Crippen LogP contribution in [-0.2, 0) is 11.3 Å². The van der Waals surface area contributed by atoms with E-state index in [1.54, 1.807) is 0 Å². The third-order valence-electron chi connectivity index (χ3n) is 2.72. The number of hydrogen-bond acceptors (Lipinski definition) is 4. The molecule has 3 atom stereocenters. The van der Waals surface area contributed by atoms with Crippen LogP contribution in [0.2, 0.25) is 0 Å². The van der Waals surface area contributed by atoms with E-state index in [9.17, 15) is 18.3 Å². The Hall–Kier alpha value is -1.15. The van der Waals surface area contributed by atoms with E-state index in [1.165, 1.54) is 0 Å². The highest BCUT2D eigenvalue weighted by molar-refractivity contribution is 5.13. The molecular weight excluding hydrogens is 277 g/mol. The zero-order chi connectivity index (χ0) is 15.2. The van der Waals surface area contributed by atoms with E-state index in [1.807, 2.05) is 30.3 Å². The summed E-state index contributed by atoms with van der Waals surface area (Å²) in [6.45, 7) is 0.225. The number of halogens is 3. The van der Waals surface area contributed by atoms with E-state index in [0.29, 0.717) is 0 Å². The predicted molar refractivity (Wildman–Crippen MR) is 64.8 cm³/mol. The summed E-state index contributed by atoms with van der Waals surface area (Å²) in [5.74, 6) is 0. The minimum Gasteiger partial charge on any atom is -0.390 e. The number of aliphatic hydroxyl groups excluding tert-OH is 3. The van der Waals surface area contributed by atoms with Crippen molar-refractivity contribution in [2.45, 2.75) is 37.5 Å². The molecule has 0 amide bonds. The SMILES string of the molecule is O[C@@H]([C@@H](O)CCOCc1ccccc1)[C@H](O)C(F)(F)F. The Labute approximate surface area is 114 Å². The van der Waals surface area contributed by atoms with E-state index in [2.05, 4.69) is 0 Å². The van der Waals surface area contributed by atoms with Crippen molar-refractivity contribution >= 4 is 0 Å². The highest BCUT2D eigenvalue weighted by atomic mass is 19.4. The first kappa shape index (κ1) is 16.9. The van der Waals surface area contributed by atoms with Crippen LogP contribution in [-0.4, -0.2) is 46.4 Å². The molecule has 1 aromatic carbocycles. The molecule has 20 heavy (non-hydrogen) atoms. The fraction of sp³-hybridized carbons (Fsp3) is 0.538. The zero-order valence-electron chi connectivity index (χ0n) is 10.6. The van der Waals surface area contributed by atoms with Crippen LogP contribution in [0.15, 0.2) is 30.3 Å². The van der Waals surface area contributed by atoms with Gasteiger partial charge < -0.3 is 20.1 Å². The Morgan fingerprint density at radius 1 is 1.05 bits per heavy atom. The lowest BCUT2D eigenvalue weighted by molar-refractivity contribution is -0.242. The fourth-order valence-electron chi connectivity index (χ4n) is 1.54. The zero-order valence-corrected chi connectivity index (χ0v) is 10.6. The van der Waals surface area contributed by atoms with E-state index < -0.39 is 24.5 Å². The number of alkyl halides is 3. The first-order valence-electron chi connectivity index (χ1n) is 6.05. The molecule has 114 valence electrons. The van der Waals surface area contributed by atoms with Gasteiger partial charge in [-0.25, -0.2) is 0 Å². The van der Waals surface area contributed by atoms with E-state index in [0.717, 1.165) is 5.56 Å². The molecule has 0 fully saturated rings. The molecule has 1 rings (SSSR count). The molecule has 4 nitrogen and oxygen atoms in total. The molecule has 7 heteroatoms. The Bertz CT molecular complexity index is 383. The van der Waals surface area contributed by atoms with Gasteiger partial charge in [0, 0.05) is 6.61 Å². The lowest BCUT2D eigenvalue weighted by Gasteiger charge is -2.24. The highest BCUT2D eigenvalue weighted by Crippen LogP contribution is 2.24. The quantitative estimate of drug-likeness (QED) is 0.662. The van der Waals surface area contributed by atoms with Crippen LogP contribution >= 0.6 is 0 Å². The highest BCUT2D eigenvalue weighted by Gasteiger charge is 2.45. The summed E-state index contributed by atoms with van der Waals surface area (Å²) in [6, 6.07) is 9.10. The van der Waals surface area contributed by atoms with Crippen molar-refractivity contribution in [1.82, 2.24) is 0 Å². The average Bonchev–Trinajstić information content (AvgIpc) is 2.41. The minimum absolute atomic E-state index is 0.0301. The molecule has 0 aliphatic carbocycles. The maximum Gasteiger partial charge on any atom is 0.417 e. The van der Waals surface area contributed by atoms with Gasteiger partial charge in [0.25, 0.3) is 0 Å². The molecule has 1 aromatic rings. The van der Waals surface area contributed by atoms with Crippen molar-refractivity contribution in [3.63, 3.8) is 0 Å². The Kier molecular flexibility index (Phi) is 6.41. The molecule has 0 unspecified atom stereocenters. The number of hydrogen-bond donors (Lipinski definition) is 3. The lowest BCUT2D eigenvalue weighted by atomic mass is 10.1. The average molecular weight is 294 g/mol. The van der Waals surface area contributed by atoms with Crippen LogP contribution in [0.1, 0.15) is 12.0 Å². The number of ether oxygens (including phenoxy) is 1. The van der Waals surface area contributed by atoms with Crippen molar-refractivity contribution in [2.75, 3.05) is 6.61 Å². The molecular formula is C13H17F3O4. The smallest absolute Gasteiger partial charge is 0.390 e. The van der Waals surface area contributed by atoms with Crippen LogP contribution in [0.25, 0.3) is 0 Å². The summed E-state index contributed by atoms with van der Waals surface area (Å²) in [4.78, 5) is 0. The molecule has 0 saturated carbocycles. The summed E-state index contributed by atoms with van der Waals surface area (Å²) in [5.41, 5.74) is 0.887. The first-order chi connectivity index (χ1) is 9.32. The number of benzene rings is 1. The topological polar surface area (TPSA) is 69.9 Å². The van der Waals surface area contributed by atoms with Gasteiger partial charge in [0.05, 0.1) is 12.7 Å². The molecule has 0 aliphatic rings. The largest absolute Gasteiger partial charge is 0.417 e. The van der Waals surface area contributed by atoms with E-state index in [-0.39, 0.29) is 19.6 Å². The van der Waals surface area contributed by atoms with Gasteiger partial charge in [-0.15, -0.1) is 0 Å². The number of aliphatic hydroxyl groups is 3. The fourth-order valence-corrected chi connectivity index (χ4v) is 1.54. The maximum absolute atomic E-state index is 12.1. The predicted octanol–water partition coefficient (Wildman–Crippen LogP) is 1.24. The van der Waals surface area contributed by atoms with Gasteiger partial charge in [-0.3, -0.25) is 0 Å². The van der Waals surface area contributed by atoms with Gasteiger partial charge in [0.2, 0.25) is 0 Å². The summed E-state index contributed by atoms with van der Waals surface area (Å²) >= 11 is 0. The summed E-state index contributed by atoms with van der Waals surface area (Å²) in [7, 11) is 0. The Morgan fingerprint density at radius 3 is 2.20 bits per heavy atom.